The van der Waals surface area contributed by atoms with Gasteiger partial charge in [0.15, 0.2) is 0 Å². The second-order valence-corrected chi connectivity index (χ2v) is 9.31. The minimum atomic E-state index is -0.986. The highest BCUT2D eigenvalue weighted by atomic mass is 32.1. The van der Waals surface area contributed by atoms with Crippen molar-refractivity contribution in [1.82, 2.24) is 9.55 Å². The standard InChI is InChI=1S/C27H21F3N2O2S/c1-15-24(27-31-25-21(13-30)18(11-28)9-19(12-29)26(25)35-27)20-10-17(16-5-3-2-4-6-16)7-8-22(20)32(15)14-23(33)34/h2-10H,11-14H2,1H3,(H,33,34). The Morgan fingerprint density at radius 3 is 2.37 bits per heavy atom. The van der Waals surface area contributed by atoms with E-state index in [0.717, 1.165) is 22.0 Å². The molecule has 0 fully saturated rings. The Morgan fingerprint density at radius 1 is 0.971 bits per heavy atom. The maximum absolute atomic E-state index is 13.9. The number of fused-ring (bicyclic) bond motifs is 2. The summed E-state index contributed by atoms with van der Waals surface area (Å²) in [7, 11) is 0. The first-order chi connectivity index (χ1) is 17.0. The number of hydrogen-bond donors (Lipinski definition) is 1. The molecule has 0 saturated heterocycles. The van der Waals surface area contributed by atoms with Crippen molar-refractivity contribution in [3.05, 3.63) is 77.0 Å². The number of carboxylic acid groups (broad SMARTS) is 1. The van der Waals surface area contributed by atoms with Gasteiger partial charge in [0.2, 0.25) is 0 Å². The number of benzene rings is 3. The van der Waals surface area contributed by atoms with Crippen LogP contribution in [0.3, 0.4) is 0 Å². The van der Waals surface area contributed by atoms with E-state index in [-0.39, 0.29) is 28.8 Å². The zero-order valence-corrected chi connectivity index (χ0v) is 19.6. The summed E-state index contributed by atoms with van der Waals surface area (Å²) in [5, 5.41) is 10.8. The lowest BCUT2D eigenvalue weighted by Gasteiger charge is -2.06. The van der Waals surface area contributed by atoms with E-state index in [0.29, 0.717) is 21.0 Å². The summed E-state index contributed by atoms with van der Waals surface area (Å²) in [5.41, 5.74) is 4.80. The van der Waals surface area contributed by atoms with Crippen molar-refractivity contribution in [3.8, 4) is 21.7 Å². The molecule has 3 aromatic carbocycles. The molecule has 0 bridgehead atoms. The Kier molecular flexibility index (Phi) is 6.06. The van der Waals surface area contributed by atoms with Crippen molar-refractivity contribution >= 4 is 38.4 Å². The lowest BCUT2D eigenvalue weighted by molar-refractivity contribution is -0.137. The molecule has 0 aliphatic rings. The lowest BCUT2D eigenvalue weighted by Crippen LogP contribution is -2.09. The number of carboxylic acids is 1. The number of thiazole rings is 1. The Bertz CT molecular complexity index is 1570. The average Bonchev–Trinajstić information content (AvgIpc) is 3.41. The fourth-order valence-electron chi connectivity index (χ4n) is 4.63. The van der Waals surface area contributed by atoms with E-state index in [4.69, 9.17) is 0 Å². The summed E-state index contributed by atoms with van der Waals surface area (Å²) < 4.78 is 43.5. The average molecular weight is 495 g/mol. The minimum Gasteiger partial charge on any atom is -0.480 e. The topological polar surface area (TPSA) is 55.1 Å². The molecule has 8 heteroatoms. The van der Waals surface area contributed by atoms with Crippen molar-refractivity contribution in [2.24, 2.45) is 0 Å². The van der Waals surface area contributed by atoms with Crippen LogP contribution in [0.15, 0.2) is 54.6 Å². The van der Waals surface area contributed by atoms with Crippen LogP contribution in [-0.2, 0) is 31.4 Å². The molecule has 5 aromatic rings. The van der Waals surface area contributed by atoms with Crippen LogP contribution in [0.5, 0.6) is 0 Å². The molecule has 4 nitrogen and oxygen atoms in total. The summed E-state index contributed by atoms with van der Waals surface area (Å²) >= 11 is 1.21. The van der Waals surface area contributed by atoms with Gasteiger partial charge in [-0.15, -0.1) is 11.3 Å². The van der Waals surface area contributed by atoms with Gasteiger partial charge < -0.3 is 9.67 Å². The number of carbonyl (C=O) groups is 1. The van der Waals surface area contributed by atoms with Crippen LogP contribution < -0.4 is 0 Å². The highest BCUT2D eigenvalue weighted by Gasteiger charge is 2.23. The normalized spacial score (nSPS) is 11.5. The SMILES string of the molecule is Cc1c(-c2nc3c(CF)c(CF)cc(CF)c3s2)c2cc(-c3ccccc3)ccc2n1CC(=O)O. The van der Waals surface area contributed by atoms with Gasteiger partial charge in [-0.05, 0) is 41.8 Å². The largest absolute Gasteiger partial charge is 0.480 e. The third-order valence-electron chi connectivity index (χ3n) is 6.30. The van der Waals surface area contributed by atoms with Crippen molar-refractivity contribution in [1.29, 1.82) is 0 Å². The molecule has 0 aliphatic carbocycles. The zero-order chi connectivity index (χ0) is 24.7. The maximum atomic E-state index is 13.9. The number of aliphatic carboxylic acids is 1. The number of nitrogens with zero attached hydrogens (tertiary/aromatic N) is 2. The lowest BCUT2D eigenvalue weighted by atomic mass is 10.0. The first kappa shape index (κ1) is 23.1. The molecule has 178 valence electrons. The van der Waals surface area contributed by atoms with Gasteiger partial charge in [0.05, 0.1) is 10.2 Å². The van der Waals surface area contributed by atoms with Gasteiger partial charge in [-0.3, -0.25) is 4.79 Å². The van der Waals surface area contributed by atoms with E-state index in [1.165, 1.54) is 17.4 Å². The van der Waals surface area contributed by atoms with E-state index in [9.17, 15) is 23.1 Å². The van der Waals surface area contributed by atoms with Crippen LogP contribution in [0.2, 0.25) is 0 Å². The number of aromatic nitrogens is 2. The van der Waals surface area contributed by atoms with Gasteiger partial charge in [0.25, 0.3) is 0 Å². The Morgan fingerprint density at radius 2 is 1.71 bits per heavy atom. The highest BCUT2D eigenvalue weighted by Crippen LogP contribution is 2.42. The van der Waals surface area contributed by atoms with E-state index in [2.05, 4.69) is 4.98 Å². The van der Waals surface area contributed by atoms with Crippen molar-refractivity contribution < 1.29 is 23.1 Å². The van der Waals surface area contributed by atoms with Crippen molar-refractivity contribution in [3.63, 3.8) is 0 Å². The number of halogens is 3. The molecule has 0 radical (unpaired) electrons. The van der Waals surface area contributed by atoms with Gasteiger partial charge in [-0.1, -0.05) is 36.4 Å². The second-order valence-electron chi connectivity index (χ2n) is 8.31. The Hall–Kier alpha value is -3.65. The van der Waals surface area contributed by atoms with Gasteiger partial charge in [-0.25, -0.2) is 18.2 Å². The predicted octanol–water partition coefficient (Wildman–Crippen LogP) is 7.39. The van der Waals surface area contributed by atoms with Crippen LogP contribution >= 0.6 is 11.3 Å². The molecule has 2 heterocycles. The van der Waals surface area contributed by atoms with Crippen LogP contribution in [0.25, 0.3) is 42.8 Å². The molecule has 5 rings (SSSR count). The number of hydrogen-bond acceptors (Lipinski definition) is 3. The highest BCUT2D eigenvalue weighted by molar-refractivity contribution is 7.22. The Labute approximate surface area is 203 Å². The molecule has 0 amide bonds. The van der Waals surface area contributed by atoms with Crippen LogP contribution in [0, 0.1) is 6.92 Å². The van der Waals surface area contributed by atoms with E-state index >= 15 is 0 Å². The molecule has 1 N–H and O–H groups in total. The summed E-state index contributed by atoms with van der Waals surface area (Å²) in [5.74, 6) is -0.986. The molecular weight excluding hydrogens is 473 g/mol. The molecule has 0 saturated carbocycles. The second kappa shape index (κ2) is 9.19. The molecule has 0 spiro atoms. The zero-order valence-electron chi connectivity index (χ0n) is 18.8. The Balaban J connectivity index is 1.82. The molecule has 0 aliphatic heterocycles. The molecule has 2 aromatic heterocycles. The van der Waals surface area contributed by atoms with Crippen LogP contribution in [-0.4, -0.2) is 20.6 Å². The van der Waals surface area contributed by atoms with Crippen LogP contribution in [0.1, 0.15) is 22.4 Å². The van der Waals surface area contributed by atoms with E-state index in [1.807, 2.05) is 55.5 Å². The van der Waals surface area contributed by atoms with Crippen molar-refractivity contribution in [2.75, 3.05) is 0 Å². The first-order valence-corrected chi connectivity index (χ1v) is 11.8. The third-order valence-corrected chi connectivity index (χ3v) is 7.45. The molecular formula is C27H21F3N2O2S. The van der Waals surface area contributed by atoms with Crippen molar-refractivity contribution in [2.45, 2.75) is 33.5 Å². The monoisotopic (exact) mass is 494 g/mol. The molecule has 0 unspecified atom stereocenters. The van der Waals surface area contributed by atoms with E-state index in [1.54, 1.807) is 4.57 Å². The van der Waals surface area contributed by atoms with Gasteiger partial charge in [0, 0.05) is 33.3 Å². The smallest absolute Gasteiger partial charge is 0.323 e. The van der Waals surface area contributed by atoms with Gasteiger partial charge in [-0.2, -0.15) is 0 Å². The summed E-state index contributed by atoms with van der Waals surface area (Å²) in [4.78, 5) is 16.3. The maximum Gasteiger partial charge on any atom is 0.323 e. The number of alkyl halides is 3. The summed E-state index contributed by atoms with van der Waals surface area (Å²) in [6.07, 6.45) is 0. The van der Waals surface area contributed by atoms with Gasteiger partial charge in [0.1, 0.15) is 31.6 Å². The van der Waals surface area contributed by atoms with Gasteiger partial charge >= 0.3 is 5.97 Å². The number of rotatable bonds is 7. The van der Waals surface area contributed by atoms with E-state index < -0.39 is 26.0 Å². The quantitative estimate of drug-likeness (QED) is 0.257. The summed E-state index contributed by atoms with van der Waals surface area (Å²) in [6.45, 7) is -1.08. The fraction of sp³-hybridized carbons (Fsp3) is 0.185. The van der Waals surface area contributed by atoms with Crippen LogP contribution in [0.4, 0.5) is 13.2 Å². The first-order valence-electron chi connectivity index (χ1n) is 11.0. The third kappa shape index (κ3) is 3.87. The predicted molar refractivity (Wildman–Crippen MR) is 133 cm³/mol. The molecule has 35 heavy (non-hydrogen) atoms. The minimum absolute atomic E-state index is 0.0980. The molecule has 0 atom stereocenters. The summed E-state index contributed by atoms with van der Waals surface area (Å²) in [6, 6.07) is 16.9. The fourth-order valence-corrected chi connectivity index (χ4v) is 5.83.